The third kappa shape index (κ3) is 2.99. The van der Waals surface area contributed by atoms with Crippen LogP contribution in [0, 0.1) is 6.92 Å². The van der Waals surface area contributed by atoms with E-state index in [1.807, 2.05) is 13.0 Å². The SMILES string of the molecule is Cc1cc(NC(C)(C)C)nc(N2CCc3ccccc32)n1. The lowest BCUT2D eigenvalue weighted by molar-refractivity contribution is 0.629. The summed E-state index contributed by atoms with van der Waals surface area (Å²) in [5.41, 5.74) is 3.56. The van der Waals surface area contributed by atoms with Gasteiger partial charge in [-0.15, -0.1) is 0 Å². The highest BCUT2D eigenvalue weighted by atomic mass is 15.3. The Labute approximate surface area is 126 Å². The molecular weight excluding hydrogens is 260 g/mol. The molecule has 0 amide bonds. The zero-order valence-electron chi connectivity index (χ0n) is 13.1. The van der Waals surface area contributed by atoms with E-state index in [1.54, 1.807) is 0 Å². The summed E-state index contributed by atoms with van der Waals surface area (Å²) in [6, 6.07) is 10.5. The van der Waals surface area contributed by atoms with Gasteiger partial charge >= 0.3 is 0 Å². The van der Waals surface area contributed by atoms with Crippen LogP contribution < -0.4 is 10.2 Å². The summed E-state index contributed by atoms with van der Waals surface area (Å²) in [7, 11) is 0. The molecule has 1 aliphatic rings. The number of anilines is 3. The van der Waals surface area contributed by atoms with E-state index in [-0.39, 0.29) is 5.54 Å². The average molecular weight is 282 g/mol. The molecule has 3 rings (SSSR count). The van der Waals surface area contributed by atoms with Crippen molar-refractivity contribution in [3.8, 4) is 0 Å². The number of nitrogens with zero attached hydrogens (tertiary/aromatic N) is 3. The predicted molar refractivity (Wildman–Crippen MR) is 87.3 cm³/mol. The Morgan fingerprint density at radius 1 is 1.14 bits per heavy atom. The summed E-state index contributed by atoms with van der Waals surface area (Å²) in [5, 5.41) is 3.43. The minimum Gasteiger partial charge on any atom is -0.365 e. The van der Waals surface area contributed by atoms with Gasteiger partial charge in [-0.25, -0.2) is 4.98 Å². The van der Waals surface area contributed by atoms with Gasteiger partial charge in [0, 0.05) is 29.5 Å². The number of rotatable bonds is 2. The Balaban J connectivity index is 1.97. The summed E-state index contributed by atoms with van der Waals surface area (Å²) in [6.07, 6.45) is 1.05. The van der Waals surface area contributed by atoms with E-state index >= 15 is 0 Å². The predicted octanol–water partition coefficient (Wildman–Crippen LogP) is 3.69. The Hall–Kier alpha value is -2.10. The van der Waals surface area contributed by atoms with Gasteiger partial charge in [-0.2, -0.15) is 4.98 Å². The van der Waals surface area contributed by atoms with Crippen LogP contribution >= 0.6 is 0 Å². The molecule has 1 aliphatic heterocycles. The molecule has 1 aromatic heterocycles. The van der Waals surface area contributed by atoms with Crippen LogP contribution in [-0.2, 0) is 6.42 Å². The lowest BCUT2D eigenvalue weighted by Crippen LogP contribution is -2.27. The van der Waals surface area contributed by atoms with E-state index in [0.717, 1.165) is 30.4 Å². The van der Waals surface area contributed by atoms with Gasteiger partial charge in [0.15, 0.2) is 0 Å². The van der Waals surface area contributed by atoms with Crippen molar-refractivity contribution in [2.75, 3.05) is 16.8 Å². The second kappa shape index (κ2) is 5.02. The first kappa shape index (κ1) is 13.9. The molecule has 1 aromatic carbocycles. The molecule has 2 aromatic rings. The summed E-state index contributed by atoms with van der Waals surface area (Å²) in [6.45, 7) is 9.36. The smallest absolute Gasteiger partial charge is 0.232 e. The maximum Gasteiger partial charge on any atom is 0.232 e. The molecule has 0 fully saturated rings. The van der Waals surface area contributed by atoms with E-state index in [2.05, 4.69) is 60.2 Å². The van der Waals surface area contributed by atoms with Crippen molar-refractivity contribution in [1.29, 1.82) is 0 Å². The highest BCUT2D eigenvalue weighted by molar-refractivity contribution is 5.66. The molecule has 0 atom stereocenters. The lowest BCUT2D eigenvalue weighted by atomic mass is 10.1. The number of hydrogen-bond acceptors (Lipinski definition) is 4. The minimum atomic E-state index is -0.0129. The standard InChI is InChI=1S/C17H22N4/c1-12-11-15(20-17(2,3)4)19-16(18-12)21-10-9-13-7-5-6-8-14(13)21/h5-8,11H,9-10H2,1-4H3,(H,18,19,20). The van der Waals surface area contributed by atoms with Gasteiger partial charge in [0.1, 0.15) is 5.82 Å². The topological polar surface area (TPSA) is 41.1 Å². The zero-order valence-corrected chi connectivity index (χ0v) is 13.1. The van der Waals surface area contributed by atoms with Crippen LogP contribution in [0.2, 0.25) is 0 Å². The first-order valence-electron chi connectivity index (χ1n) is 7.42. The number of hydrogen-bond donors (Lipinski definition) is 1. The normalized spacial score (nSPS) is 14.2. The van der Waals surface area contributed by atoms with E-state index < -0.39 is 0 Å². The molecule has 4 heteroatoms. The second-order valence-electron chi connectivity index (χ2n) is 6.60. The molecule has 0 unspecified atom stereocenters. The monoisotopic (exact) mass is 282 g/mol. The van der Waals surface area contributed by atoms with Crippen molar-refractivity contribution in [3.63, 3.8) is 0 Å². The van der Waals surface area contributed by atoms with E-state index in [4.69, 9.17) is 4.98 Å². The van der Waals surface area contributed by atoms with Crippen LogP contribution in [0.25, 0.3) is 0 Å². The molecule has 4 nitrogen and oxygen atoms in total. The van der Waals surface area contributed by atoms with Crippen LogP contribution in [0.1, 0.15) is 32.0 Å². The maximum absolute atomic E-state index is 4.70. The molecule has 0 aliphatic carbocycles. The number of aromatic nitrogens is 2. The van der Waals surface area contributed by atoms with Crippen LogP contribution in [0.5, 0.6) is 0 Å². The molecular formula is C17H22N4. The zero-order chi connectivity index (χ0) is 15.0. The van der Waals surface area contributed by atoms with Crippen molar-refractivity contribution < 1.29 is 0 Å². The van der Waals surface area contributed by atoms with Crippen molar-refractivity contribution in [3.05, 3.63) is 41.6 Å². The fourth-order valence-corrected chi connectivity index (χ4v) is 2.67. The average Bonchev–Trinajstić information content (AvgIpc) is 2.79. The van der Waals surface area contributed by atoms with Gasteiger partial charge in [0.25, 0.3) is 0 Å². The number of fused-ring (bicyclic) bond motifs is 1. The molecule has 0 radical (unpaired) electrons. The molecule has 21 heavy (non-hydrogen) atoms. The molecule has 0 saturated heterocycles. The van der Waals surface area contributed by atoms with Gasteiger partial charge < -0.3 is 10.2 Å². The minimum absolute atomic E-state index is 0.0129. The largest absolute Gasteiger partial charge is 0.365 e. The third-order valence-electron chi connectivity index (χ3n) is 3.47. The van der Waals surface area contributed by atoms with Crippen LogP contribution in [0.3, 0.4) is 0 Å². The van der Waals surface area contributed by atoms with Gasteiger partial charge in [-0.3, -0.25) is 0 Å². The van der Waals surface area contributed by atoms with Crippen molar-refractivity contribution in [2.24, 2.45) is 0 Å². The number of nitrogens with one attached hydrogen (secondary N) is 1. The van der Waals surface area contributed by atoms with Gasteiger partial charge in [0.05, 0.1) is 0 Å². The highest BCUT2D eigenvalue weighted by Gasteiger charge is 2.23. The van der Waals surface area contributed by atoms with Gasteiger partial charge in [-0.05, 0) is 45.7 Å². The molecule has 0 bridgehead atoms. The fourth-order valence-electron chi connectivity index (χ4n) is 2.67. The first-order valence-corrected chi connectivity index (χ1v) is 7.42. The van der Waals surface area contributed by atoms with Crippen LogP contribution in [-0.4, -0.2) is 22.1 Å². The van der Waals surface area contributed by atoms with E-state index in [9.17, 15) is 0 Å². The molecule has 2 heterocycles. The third-order valence-corrected chi connectivity index (χ3v) is 3.47. The first-order chi connectivity index (χ1) is 9.92. The molecule has 110 valence electrons. The Morgan fingerprint density at radius 3 is 2.67 bits per heavy atom. The summed E-state index contributed by atoms with van der Waals surface area (Å²) in [4.78, 5) is 11.5. The highest BCUT2D eigenvalue weighted by Crippen LogP contribution is 2.33. The maximum atomic E-state index is 4.70. The molecule has 1 N–H and O–H groups in total. The summed E-state index contributed by atoms with van der Waals surface area (Å²) >= 11 is 0. The number of para-hydroxylation sites is 1. The number of aryl methyl sites for hydroxylation is 1. The Morgan fingerprint density at radius 2 is 1.90 bits per heavy atom. The van der Waals surface area contributed by atoms with Gasteiger partial charge in [-0.1, -0.05) is 18.2 Å². The Kier molecular flexibility index (Phi) is 3.32. The van der Waals surface area contributed by atoms with Crippen molar-refractivity contribution in [1.82, 2.24) is 9.97 Å². The Bertz CT molecular complexity index is 658. The summed E-state index contributed by atoms with van der Waals surface area (Å²) in [5.74, 6) is 1.67. The molecule has 0 spiro atoms. The summed E-state index contributed by atoms with van der Waals surface area (Å²) < 4.78 is 0. The van der Waals surface area contributed by atoms with E-state index in [0.29, 0.717) is 0 Å². The van der Waals surface area contributed by atoms with Crippen LogP contribution in [0.15, 0.2) is 30.3 Å². The second-order valence-corrected chi connectivity index (χ2v) is 6.60. The quantitative estimate of drug-likeness (QED) is 0.912. The lowest BCUT2D eigenvalue weighted by Gasteiger charge is -2.23. The van der Waals surface area contributed by atoms with Crippen molar-refractivity contribution >= 4 is 17.5 Å². The number of benzene rings is 1. The fraction of sp³-hybridized carbons (Fsp3) is 0.412. The van der Waals surface area contributed by atoms with Crippen LogP contribution in [0.4, 0.5) is 17.5 Å². The van der Waals surface area contributed by atoms with E-state index in [1.165, 1.54) is 11.3 Å². The van der Waals surface area contributed by atoms with Gasteiger partial charge in [0.2, 0.25) is 5.95 Å². The van der Waals surface area contributed by atoms with Crippen molar-refractivity contribution in [2.45, 2.75) is 39.7 Å². The molecule has 0 saturated carbocycles.